The molecule has 1 heterocycles. The molecule has 0 radical (unpaired) electrons. The lowest BCUT2D eigenvalue weighted by Gasteiger charge is -2.17. The molecule has 2 aromatic rings. The lowest BCUT2D eigenvalue weighted by molar-refractivity contribution is 0.0929. The number of carbonyl (C=O) groups excluding carboxylic acids is 1. The Bertz CT molecular complexity index is 732. The zero-order valence-electron chi connectivity index (χ0n) is 13.0. The number of carbonyl (C=O) groups is 1. The zero-order chi connectivity index (χ0) is 16.4. The van der Waals surface area contributed by atoms with Crippen LogP contribution in [-0.2, 0) is 0 Å². The maximum atomic E-state index is 13.5. The molecular weight excluding hydrogens is 297 g/mol. The van der Waals surface area contributed by atoms with Gasteiger partial charge >= 0.3 is 0 Å². The lowest BCUT2D eigenvalue weighted by atomic mass is 10.1. The largest absolute Gasteiger partial charge is 0.494 e. The van der Waals surface area contributed by atoms with Gasteiger partial charge in [0.1, 0.15) is 0 Å². The molecule has 120 valence electrons. The van der Waals surface area contributed by atoms with Gasteiger partial charge in [0.2, 0.25) is 0 Å². The third-order valence-electron chi connectivity index (χ3n) is 3.88. The molecule has 1 aromatic heterocycles. The van der Waals surface area contributed by atoms with Gasteiger partial charge in [-0.05, 0) is 49.9 Å². The second kappa shape index (κ2) is 6.32. The predicted molar refractivity (Wildman–Crippen MR) is 82.7 cm³/mol. The Morgan fingerprint density at radius 1 is 1.39 bits per heavy atom. The summed E-state index contributed by atoms with van der Waals surface area (Å²) in [4.78, 5) is 21.2. The van der Waals surface area contributed by atoms with Crippen LogP contribution in [0.25, 0.3) is 0 Å². The first kappa shape index (κ1) is 15.4. The molecule has 0 unspecified atom stereocenters. The smallest absolute Gasteiger partial charge is 0.252 e. The van der Waals surface area contributed by atoms with E-state index in [1.54, 1.807) is 6.20 Å². The van der Waals surface area contributed by atoms with Crippen LogP contribution in [0.5, 0.6) is 5.75 Å². The van der Waals surface area contributed by atoms with Gasteiger partial charge in [-0.15, -0.1) is 0 Å². The van der Waals surface area contributed by atoms with Crippen molar-refractivity contribution in [3.05, 3.63) is 53.4 Å². The standard InChI is InChI=1S/C17H18FN3O2/c1-10-7-8-19-16(20-10)15(11-3-4-11)21-17(22)12-5-6-13(18)14(9-12)23-2/h5-9,11,15H,3-4H2,1-2H3,(H,21,22)/t15-/m0/s1. The highest BCUT2D eigenvalue weighted by atomic mass is 19.1. The summed E-state index contributed by atoms with van der Waals surface area (Å²) >= 11 is 0. The Morgan fingerprint density at radius 3 is 2.83 bits per heavy atom. The van der Waals surface area contributed by atoms with Crippen molar-refractivity contribution in [1.82, 2.24) is 15.3 Å². The van der Waals surface area contributed by atoms with Gasteiger partial charge in [0.25, 0.3) is 5.91 Å². The molecule has 1 aliphatic rings. The van der Waals surface area contributed by atoms with Crippen LogP contribution < -0.4 is 10.1 Å². The third-order valence-corrected chi connectivity index (χ3v) is 3.88. The molecule has 0 saturated heterocycles. The molecule has 0 spiro atoms. The van der Waals surface area contributed by atoms with Crippen molar-refractivity contribution >= 4 is 5.91 Å². The predicted octanol–water partition coefficient (Wildman–Crippen LogP) is 2.81. The summed E-state index contributed by atoms with van der Waals surface area (Å²) in [5.74, 6) is 0.237. The summed E-state index contributed by atoms with van der Waals surface area (Å²) in [6, 6.07) is 5.65. The Morgan fingerprint density at radius 2 is 2.17 bits per heavy atom. The van der Waals surface area contributed by atoms with Crippen LogP contribution >= 0.6 is 0 Å². The molecule has 1 fully saturated rings. The molecule has 1 N–H and O–H groups in total. The quantitative estimate of drug-likeness (QED) is 0.921. The SMILES string of the molecule is COc1cc(C(=O)N[C@H](c2nccc(C)n2)C2CC2)ccc1F. The van der Waals surface area contributed by atoms with E-state index in [2.05, 4.69) is 15.3 Å². The fourth-order valence-corrected chi connectivity index (χ4v) is 2.47. The number of nitrogens with one attached hydrogen (secondary N) is 1. The second-order valence-electron chi connectivity index (χ2n) is 5.69. The Hall–Kier alpha value is -2.50. The van der Waals surface area contributed by atoms with Crippen LogP contribution in [0.3, 0.4) is 0 Å². The van der Waals surface area contributed by atoms with Crippen molar-refractivity contribution in [1.29, 1.82) is 0 Å². The van der Waals surface area contributed by atoms with Crippen molar-refractivity contribution in [3.8, 4) is 5.75 Å². The summed E-state index contributed by atoms with van der Waals surface area (Å²) in [6.45, 7) is 1.89. The summed E-state index contributed by atoms with van der Waals surface area (Å²) in [6.07, 6.45) is 3.77. The zero-order valence-corrected chi connectivity index (χ0v) is 13.0. The molecule has 23 heavy (non-hydrogen) atoms. The van der Waals surface area contributed by atoms with Gasteiger partial charge in [-0.2, -0.15) is 0 Å². The van der Waals surface area contributed by atoms with Crippen LogP contribution in [0, 0.1) is 18.7 Å². The highest BCUT2D eigenvalue weighted by Gasteiger charge is 2.35. The first-order chi connectivity index (χ1) is 11.1. The molecule has 1 saturated carbocycles. The van der Waals surface area contributed by atoms with Crippen molar-refractivity contribution in [2.75, 3.05) is 7.11 Å². The monoisotopic (exact) mass is 315 g/mol. The molecule has 6 heteroatoms. The number of halogens is 1. The molecule has 1 amide bonds. The van der Waals surface area contributed by atoms with Crippen LogP contribution in [0.1, 0.15) is 40.8 Å². The summed E-state index contributed by atoms with van der Waals surface area (Å²) in [5.41, 5.74) is 1.21. The number of hydrogen-bond acceptors (Lipinski definition) is 4. The molecule has 0 bridgehead atoms. The molecular formula is C17H18FN3O2. The minimum absolute atomic E-state index is 0.0485. The van der Waals surface area contributed by atoms with Crippen LogP contribution in [0.4, 0.5) is 4.39 Å². The first-order valence-corrected chi connectivity index (χ1v) is 7.52. The van der Waals surface area contributed by atoms with Crippen LogP contribution in [0.2, 0.25) is 0 Å². The second-order valence-corrected chi connectivity index (χ2v) is 5.69. The summed E-state index contributed by atoms with van der Waals surface area (Å²) in [5, 5.41) is 2.97. The van der Waals surface area contributed by atoms with E-state index >= 15 is 0 Å². The minimum Gasteiger partial charge on any atom is -0.494 e. The van der Waals surface area contributed by atoms with Crippen LogP contribution in [-0.4, -0.2) is 23.0 Å². The minimum atomic E-state index is -0.496. The van der Waals surface area contributed by atoms with Crippen molar-refractivity contribution in [3.63, 3.8) is 0 Å². The fraction of sp³-hybridized carbons (Fsp3) is 0.353. The van der Waals surface area contributed by atoms with Crippen molar-refractivity contribution in [2.24, 2.45) is 5.92 Å². The van der Waals surface area contributed by atoms with Crippen molar-refractivity contribution in [2.45, 2.75) is 25.8 Å². The van der Waals surface area contributed by atoms with Crippen LogP contribution in [0.15, 0.2) is 30.5 Å². The van der Waals surface area contributed by atoms with E-state index < -0.39 is 5.82 Å². The molecule has 0 aliphatic heterocycles. The van der Waals surface area contributed by atoms with Gasteiger partial charge in [0, 0.05) is 17.5 Å². The molecule has 1 aliphatic carbocycles. The van der Waals surface area contributed by atoms with E-state index in [1.165, 1.54) is 25.3 Å². The van der Waals surface area contributed by atoms with Gasteiger partial charge in [0.15, 0.2) is 17.4 Å². The molecule has 5 nitrogen and oxygen atoms in total. The van der Waals surface area contributed by atoms with E-state index in [0.29, 0.717) is 17.3 Å². The summed E-state index contributed by atoms with van der Waals surface area (Å²) in [7, 11) is 1.37. The van der Waals surface area contributed by atoms with E-state index in [1.807, 2.05) is 13.0 Å². The van der Waals surface area contributed by atoms with E-state index in [4.69, 9.17) is 4.74 Å². The number of methoxy groups -OCH3 is 1. The van der Waals surface area contributed by atoms with Gasteiger partial charge < -0.3 is 10.1 Å². The Labute approximate surface area is 133 Å². The lowest BCUT2D eigenvalue weighted by Crippen LogP contribution is -2.31. The Balaban J connectivity index is 1.82. The number of aromatic nitrogens is 2. The maximum absolute atomic E-state index is 13.5. The fourth-order valence-electron chi connectivity index (χ4n) is 2.47. The normalized spacial score (nSPS) is 15.1. The molecule has 1 atom stereocenters. The number of benzene rings is 1. The van der Waals surface area contributed by atoms with Gasteiger partial charge in [0.05, 0.1) is 13.2 Å². The average molecular weight is 315 g/mol. The molecule has 3 rings (SSSR count). The topological polar surface area (TPSA) is 64.1 Å². The van der Waals surface area contributed by atoms with E-state index in [-0.39, 0.29) is 17.7 Å². The number of amides is 1. The van der Waals surface area contributed by atoms with Gasteiger partial charge in [-0.3, -0.25) is 4.79 Å². The third kappa shape index (κ3) is 3.47. The highest BCUT2D eigenvalue weighted by molar-refractivity contribution is 5.94. The molecule has 1 aromatic carbocycles. The average Bonchev–Trinajstić information content (AvgIpc) is 3.37. The number of aryl methyl sites for hydroxylation is 1. The van der Waals surface area contributed by atoms with E-state index in [9.17, 15) is 9.18 Å². The van der Waals surface area contributed by atoms with E-state index in [0.717, 1.165) is 18.5 Å². The van der Waals surface area contributed by atoms with Gasteiger partial charge in [-0.25, -0.2) is 14.4 Å². The summed E-state index contributed by atoms with van der Waals surface area (Å²) < 4.78 is 18.4. The number of nitrogens with zero attached hydrogens (tertiary/aromatic N) is 2. The first-order valence-electron chi connectivity index (χ1n) is 7.52. The number of ether oxygens (including phenoxy) is 1. The highest BCUT2D eigenvalue weighted by Crippen LogP contribution is 2.40. The number of rotatable bonds is 5. The maximum Gasteiger partial charge on any atom is 0.252 e. The number of hydrogen-bond donors (Lipinski definition) is 1. The van der Waals surface area contributed by atoms with Gasteiger partial charge in [-0.1, -0.05) is 0 Å². The Kier molecular flexibility index (Phi) is 4.23. The van der Waals surface area contributed by atoms with Crippen molar-refractivity contribution < 1.29 is 13.9 Å².